The zero-order valence-corrected chi connectivity index (χ0v) is 11.6. The van der Waals surface area contributed by atoms with Gasteiger partial charge in [0.2, 0.25) is 5.88 Å². The molecule has 0 aliphatic rings. The van der Waals surface area contributed by atoms with Crippen LogP contribution in [0.2, 0.25) is 0 Å². The fourth-order valence-electron chi connectivity index (χ4n) is 1.41. The smallest absolute Gasteiger partial charge is 0.218 e. The van der Waals surface area contributed by atoms with Crippen LogP contribution in [-0.4, -0.2) is 28.5 Å². The summed E-state index contributed by atoms with van der Waals surface area (Å²) in [4.78, 5) is 8.52. The quantitative estimate of drug-likeness (QED) is 0.796. The molecule has 96 valence electrons. The molecule has 1 atom stereocenters. The maximum Gasteiger partial charge on any atom is 0.218 e. The standard InChI is InChI=1S/C12H20ClN3O/c1-5-17-12-6-11(14-9(4)15-12)16-10(7-13)8(2)3/h6,8,10H,5,7H2,1-4H3,(H,14,15,16). The number of hydrogen-bond donors (Lipinski definition) is 1. The largest absolute Gasteiger partial charge is 0.478 e. The fraction of sp³-hybridized carbons (Fsp3) is 0.667. The van der Waals surface area contributed by atoms with Crippen LogP contribution in [0.15, 0.2) is 6.07 Å². The number of anilines is 1. The molecule has 1 N–H and O–H groups in total. The predicted octanol–water partition coefficient (Wildman–Crippen LogP) is 2.86. The van der Waals surface area contributed by atoms with Crippen LogP contribution in [0.4, 0.5) is 5.82 Å². The van der Waals surface area contributed by atoms with Crippen LogP contribution in [0, 0.1) is 12.8 Å². The number of ether oxygens (including phenoxy) is 1. The second-order valence-electron chi connectivity index (χ2n) is 4.22. The van der Waals surface area contributed by atoms with Crippen molar-refractivity contribution in [2.75, 3.05) is 17.8 Å². The van der Waals surface area contributed by atoms with E-state index in [1.54, 1.807) is 6.07 Å². The summed E-state index contributed by atoms with van der Waals surface area (Å²) in [5, 5.41) is 3.30. The van der Waals surface area contributed by atoms with Crippen molar-refractivity contribution in [2.45, 2.75) is 33.7 Å². The fourth-order valence-corrected chi connectivity index (χ4v) is 1.84. The van der Waals surface area contributed by atoms with Gasteiger partial charge in [-0.1, -0.05) is 13.8 Å². The van der Waals surface area contributed by atoms with Crippen molar-refractivity contribution < 1.29 is 4.74 Å². The molecule has 0 spiro atoms. The maximum absolute atomic E-state index is 5.92. The molecular formula is C12H20ClN3O. The number of nitrogens with one attached hydrogen (secondary N) is 1. The molecule has 0 saturated heterocycles. The first-order valence-electron chi connectivity index (χ1n) is 5.87. The third kappa shape index (κ3) is 4.38. The lowest BCUT2D eigenvalue weighted by Gasteiger charge is -2.20. The molecule has 5 heteroatoms. The molecule has 0 fully saturated rings. The summed E-state index contributed by atoms with van der Waals surface area (Å²) in [5.74, 6) is 3.04. The van der Waals surface area contributed by atoms with E-state index in [0.717, 1.165) is 5.82 Å². The molecule has 1 heterocycles. The first-order valence-corrected chi connectivity index (χ1v) is 6.41. The number of nitrogens with zero attached hydrogens (tertiary/aromatic N) is 2. The highest BCUT2D eigenvalue weighted by molar-refractivity contribution is 6.18. The second kappa shape index (κ2) is 6.64. The van der Waals surface area contributed by atoms with Crippen LogP contribution in [0.3, 0.4) is 0 Å². The monoisotopic (exact) mass is 257 g/mol. The van der Waals surface area contributed by atoms with Gasteiger partial charge >= 0.3 is 0 Å². The molecule has 0 aliphatic carbocycles. The highest BCUT2D eigenvalue weighted by atomic mass is 35.5. The van der Waals surface area contributed by atoms with E-state index in [2.05, 4.69) is 29.1 Å². The molecule has 4 nitrogen and oxygen atoms in total. The molecule has 1 unspecified atom stereocenters. The van der Waals surface area contributed by atoms with Gasteiger partial charge in [0, 0.05) is 18.0 Å². The first-order chi connectivity index (χ1) is 8.06. The van der Waals surface area contributed by atoms with Gasteiger partial charge in [0.15, 0.2) is 0 Å². The number of halogens is 1. The van der Waals surface area contributed by atoms with E-state index in [1.807, 2.05) is 13.8 Å². The van der Waals surface area contributed by atoms with E-state index in [4.69, 9.17) is 16.3 Å². The van der Waals surface area contributed by atoms with Gasteiger partial charge in [-0.3, -0.25) is 0 Å². The van der Waals surface area contributed by atoms with E-state index in [0.29, 0.717) is 30.1 Å². The predicted molar refractivity (Wildman–Crippen MR) is 70.9 cm³/mol. The topological polar surface area (TPSA) is 47.0 Å². The molecule has 0 amide bonds. The van der Waals surface area contributed by atoms with Gasteiger partial charge in [0.05, 0.1) is 6.61 Å². The Labute approximate surface area is 108 Å². The van der Waals surface area contributed by atoms with Crippen LogP contribution in [0.5, 0.6) is 5.88 Å². The van der Waals surface area contributed by atoms with Gasteiger partial charge in [-0.15, -0.1) is 11.6 Å². The van der Waals surface area contributed by atoms with E-state index in [-0.39, 0.29) is 6.04 Å². The van der Waals surface area contributed by atoms with Crippen LogP contribution in [-0.2, 0) is 0 Å². The Morgan fingerprint density at radius 2 is 2.12 bits per heavy atom. The Morgan fingerprint density at radius 1 is 1.41 bits per heavy atom. The van der Waals surface area contributed by atoms with Crippen molar-refractivity contribution in [2.24, 2.45) is 5.92 Å². The lowest BCUT2D eigenvalue weighted by Crippen LogP contribution is -2.28. The Bertz CT molecular complexity index is 358. The third-order valence-corrected chi connectivity index (χ3v) is 2.74. The summed E-state index contributed by atoms with van der Waals surface area (Å²) in [5.41, 5.74) is 0. The first kappa shape index (κ1) is 14.0. The van der Waals surface area contributed by atoms with Crippen LogP contribution in [0.1, 0.15) is 26.6 Å². The average Bonchev–Trinajstić information content (AvgIpc) is 2.25. The van der Waals surface area contributed by atoms with Gasteiger partial charge in [-0.25, -0.2) is 4.98 Å². The minimum Gasteiger partial charge on any atom is -0.478 e. The lowest BCUT2D eigenvalue weighted by atomic mass is 10.1. The van der Waals surface area contributed by atoms with Crippen LogP contribution >= 0.6 is 11.6 Å². The molecule has 0 saturated carbocycles. The number of rotatable bonds is 6. The third-order valence-electron chi connectivity index (χ3n) is 2.41. The summed E-state index contributed by atoms with van der Waals surface area (Å²) >= 11 is 5.92. The van der Waals surface area contributed by atoms with Gasteiger partial charge in [0.1, 0.15) is 11.6 Å². The van der Waals surface area contributed by atoms with E-state index < -0.39 is 0 Å². The van der Waals surface area contributed by atoms with E-state index in [1.165, 1.54) is 0 Å². The molecule has 0 radical (unpaired) electrons. The second-order valence-corrected chi connectivity index (χ2v) is 4.53. The number of alkyl halides is 1. The highest BCUT2D eigenvalue weighted by Crippen LogP contribution is 2.16. The van der Waals surface area contributed by atoms with Gasteiger partial charge < -0.3 is 10.1 Å². The van der Waals surface area contributed by atoms with Gasteiger partial charge in [-0.2, -0.15) is 4.98 Å². The summed E-state index contributed by atoms with van der Waals surface area (Å²) < 4.78 is 5.38. The van der Waals surface area contributed by atoms with Crippen molar-refractivity contribution in [1.82, 2.24) is 9.97 Å². The summed E-state index contributed by atoms with van der Waals surface area (Å²) in [6, 6.07) is 2.00. The molecule has 0 aromatic carbocycles. The van der Waals surface area contributed by atoms with Crippen molar-refractivity contribution in [3.8, 4) is 5.88 Å². The van der Waals surface area contributed by atoms with Gasteiger partial charge in [-0.05, 0) is 19.8 Å². The molecule has 1 aromatic heterocycles. The molecule has 0 bridgehead atoms. The van der Waals surface area contributed by atoms with Crippen molar-refractivity contribution >= 4 is 17.4 Å². The molecule has 0 aliphatic heterocycles. The average molecular weight is 258 g/mol. The van der Waals surface area contributed by atoms with Crippen LogP contribution in [0.25, 0.3) is 0 Å². The number of aromatic nitrogens is 2. The van der Waals surface area contributed by atoms with Crippen molar-refractivity contribution in [3.63, 3.8) is 0 Å². The Hall–Kier alpha value is -1.03. The zero-order valence-electron chi connectivity index (χ0n) is 10.8. The number of hydrogen-bond acceptors (Lipinski definition) is 4. The van der Waals surface area contributed by atoms with E-state index in [9.17, 15) is 0 Å². The Kier molecular flexibility index (Phi) is 5.48. The number of aryl methyl sites for hydroxylation is 1. The van der Waals surface area contributed by atoms with Crippen molar-refractivity contribution in [1.29, 1.82) is 0 Å². The summed E-state index contributed by atoms with van der Waals surface area (Å²) in [6.07, 6.45) is 0. The lowest BCUT2D eigenvalue weighted by molar-refractivity contribution is 0.325. The molecule has 1 aromatic rings. The minimum absolute atomic E-state index is 0.195. The minimum atomic E-state index is 0.195. The molecule has 17 heavy (non-hydrogen) atoms. The molecular weight excluding hydrogens is 238 g/mol. The van der Waals surface area contributed by atoms with E-state index >= 15 is 0 Å². The Morgan fingerprint density at radius 3 is 2.65 bits per heavy atom. The summed E-state index contributed by atoms with van der Waals surface area (Å²) in [7, 11) is 0. The van der Waals surface area contributed by atoms with Crippen LogP contribution < -0.4 is 10.1 Å². The SMILES string of the molecule is CCOc1cc(NC(CCl)C(C)C)nc(C)n1. The van der Waals surface area contributed by atoms with Crippen molar-refractivity contribution in [3.05, 3.63) is 11.9 Å². The Balaban J connectivity index is 2.82. The zero-order chi connectivity index (χ0) is 12.8. The maximum atomic E-state index is 5.92. The normalized spacial score (nSPS) is 12.6. The molecule has 1 rings (SSSR count). The summed E-state index contributed by atoms with van der Waals surface area (Å²) in [6.45, 7) is 8.62. The highest BCUT2D eigenvalue weighted by Gasteiger charge is 2.13. The van der Waals surface area contributed by atoms with Gasteiger partial charge in [0.25, 0.3) is 0 Å².